The molecule has 1 aliphatic rings. The smallest absolute Gasteiger partial charge is 0.0620 e. The number of imidazole rings is 1. The van der Waals surface area contributed by atoms with E-state index < -0.39 is 0 Å². The predicted molar refractivity (Wildman–Crippen MR) is 116 cm³/mol. The van der Waals surface area contributed by atoms with Crippen molar-refractivity contribution >= 4 is 37.1 Å². The van der Waals surface area contributed by atoms with Gasteiger partial charge in [-0.15, -0.1) is 0 Å². The van der Waals surface area contributed by atoms with Gasteiger partial charge in [0.2, 0.25) is 0 Å². The van der Waals surface area contributed by atoms with Gasteiger partial charge in [-0.2, -0.15) is 0 Å². The third-order valence-electron chi connectivity index (χ3n) is 5.88. The summed E-state index contributed by atoms with van der Waals surface area (Å²) in [4.78, 5) is 4.53. The van der Waals surface area contributed by atoms with Gasteiger partial charge in [-0.1, -0.05) is 24.3 Å². The minimum Gasteiger partial charge on any atom is -0.0620 e. The summed E-state index contributed by atoms with van der Waals surface area (Å²) in [5, 5.41) is 3.76. The summed E-state index contributed by atoms with van der Waals surface area (Å²) in [6.45, 7) is 3.14. The zero-order chi connectivity index (χ0) is 19.1. The zero-order valence-corrected chi connectivity index (χ0v) is 20.5. The van der Waals surface area contributed by atoms with Crippen LogP contribution in [0.4, 0.5) is 0 Å². The number of benzene rings is 3. The first-order valence-electron chi connectivity index (χ1n) is 9.79. The molecular weight excluding hydrogens is 535 g/mol. The molecule has 0 saturated carbocycles. The minimum atomic E-state index is 0.548. The van der Waals surface area contributed by atoms with E-state index in [9.17, 15) is 0 Å². The normalized spacial score (nSPS) is 13.9. The topological polar surface area (TPSA) is 29.9 Å². The van der Waals surface area contributed by atoms with Gasteiger partial charge in [0, 0.05) is 0 Å². The van der Waals surface area contributed by atoms with Crippen molar-refractivity contribution in [1.82, 2.24) is 12.7 Å². The molecule has 136 valence electrons. The molecule has 0 aliphatic heterocycles. The van der Waals surface area contributed by atoms with Gasteiger partial charge >= 0.3 is 134 Å². The van der Waals surface area contributed by atoms with Crippen molar-refractivity contribution < 1.29 is 0 Å². The Morgan fingerprint density at radius 2 is 1.71 bits per heavy atom. The van der Waals surface area contributed by atoms with Crippen LogP contribution >= 0.6 is 0 Å². The van der Waals surface area contributed by atoms with Crippen molar-refractivity contribution in [2.45, 2.75) is 32.4 Å². The van der Waals surface area contributed by atoms with Crippen LogP contribution in [0.1, 0.15) is 22.3 Å². The summed E-state index contributed by atoms with van der Waals surface area (Å²) in [7, 11) is 0. The number of hydrogen-bond acceptors (Lipinski definition) is 2. The molecule has 0 saturated heterocycles. The molecule has 0 amide bonds. The quantitative estimate of drug-likeness (QED) is 0.382. The van der Waals surface area contributed by atoms with Crippen molar-refractivity contribution in [3.05, 3.63) is 89.2 Å². The second kappa shape index (κ2) is 7.45. The fourth-order valence-electron chi connectivity index (χ4n) is 4.24. The van der Waals surface area contributed by atoms with Crippen LogP contribution in [0.15, 0.2) is 67.0 Å². The standard InChI is InChI=1S/C24H22N3.Tl/c1-16-10-19(20-8-9-23-24(13-20)27-15-26-23)6-7-21(16)14-25-22-11-17-4-2-3-5-18(17)12-22;/h2-10,13,15,22,25H,11-12,14H2,1H3;/q-1;+1. The number of aromatic nitrogens is 2. The number of nitrogens with one attached hydrogen (secondary N) is 1. The van der Waals surface area contributed by atoms with Crippen LogP contribution in [-0.4, -0.2) is 39.5 Å². The van der Waals surface area contributed by atoms with Gasteiger partial charge in [-0.05, 0) is 24.0 Å². The van der Waals surface area contributed by atoms with Crippen LogP contribution in [0.3, 0.4) is 0 Å². The molecule has 28 heavy (non-hydrogen) atoms. The average Bonchev–Trinajstić information content (AvgIpc) is 3.30. The summed E-state index contributed by atoms with van der Waals surface area (Å²) >= 11 is 0.752. The maximum absolute atomic E-state index is 4.53. The first-order valence-corrected chi connectivity index (χ1v) is 11.8. The Hall–Kier alpha value is -1.99. The Labute approximate surface area is 181 Å². The van der Waals surface area contributed by atoms with E-state index in [0.717, 1.165) is 51.0 Å². The number of aryl methyl sites for hydroxylation is 1. The summed E-state index contributed by atoms with van der Waals surface area (Å²) < 4.78 is 2.22. The monoisotopic (exact) mass is 557 g/mol. The van der Waals surface area contributed by atoms with E-state index in [-0.39, 0.29) is 0 Å². The van der Waals surface area contributed by atoms with E-state index in [1.807, 2.05) is 6.33 Å². The second-order valence-electron chi connectivity index (χ2n) is 7.75. The predicted octanol–water partition coefficient (Wildman–Crippen LogP) is 4.20. The zero-order valence-electron chi connectivity index (χ0n) is 16.0. The van der Waals surface area contributed by atoms with Crippen molar-refractivity contribution in [2.24, 2.45) is 0 Å². The Bertz CT molecular complexity index is 1140. The first kappa shape index (κ1) is 18.1. The fraction of sp³-hybridized carbons (Fsp3) is 0.208. The molecule has 4 aromatic rings. The number of nitrogens with zero attached hydrogens (tertiary/aromatic N) is 2. The van der Waals surface area contributed by atoms with Crippen molar-refractivity contribution in [3.8, 4) is 11.1 Å². The maximum atomic E-state index is 4.53. The van der Waals surface area contributed by atoms with Crippen LogP contribution in [0, 0.1) is 6.92 Å². The molecule has 0 spiro atoms. The van der Waals surface area contributed by atoms with Gasteiger partial charge < -0.3 is 0 Å². The SMILES string of the molecule is Cc1cc(-c2ccc3c(c2)nc[n]3[Tl])ccc1CNC1Cc2ccccc2C1. The molecule has 0 unspecified atom stereocenters. The number of fused-ring (bicyclic) bond motifs is 2. The molecular formula is C24H22N3Tl. The van der Waals surface area contributed by atoms with Crippen LogP contribution in [0.5, 0.6) is 0 Å². The Morgan fingerprint density at radius 1 is 1.00 bits per heavy atom. The second-order valence-corrected chi connectivity index (χ2v) is 9.91. The third-order valence-corrected chi connectivity index (χ3v) is 7.48. The van der Waals surface area contributed by atoms with E-state index in [0.29, 0.717) is 6.04 Å². The average molecular weight is 557 g/mol. The summed E-state index contributed by atoms with van der Waals surface area (Å²) in [5.74, 6) is 0. The van der Waals surface area contributed by atoms with E-state index in [4.69, 9.17) is 0 Å². The molecule has 1 N–H and O–H groups in total. The van der Waals surface area contributed by atoms with Gasteiger partial charge in [-0.3, -0.25) is 0 Å². The molecule has 1 aromatic heterocycles. The minimum absolute atomic E-state index is 0.548. The fourth-order valence-corrected chi connectivity index (χ4v) is 5.35. The molecule has 4 heteroatoms. The summed E-state index contributed by atoms with van der Waals surface area (Å²) in [6, 6.07) is 22.8. The van der Waals surface area contributed by atoms with Crippen molar-refractivity contribution in [3.63, 3.8) is 0 Å². The van der Waals surface area contributed by atoms with E-state index in [1.165, 1.54) is 38.9 Å². The van der Waals surface area contributed by atoms with Gasteiger partial charge in [0.05, 0.1) is 0 Å². The molecule has 0 atom stereocenters. The van der Waals surface area contributed by atoms with Crippen LogP contribution < -0.4 is 5.32 Å². The molecule has 1 heterocycles. The van der Waals surface area contributed by atoms with Gasteiger partial charge in [-0.25, -0.2) is 0 Å². The number of hydrogen-bond donors (Lipinski definition) is 1. The van der Waals surface area contributed by atoms with E-state index in [1.54, 1.807) is 0 Å². The third kappa shape index (κ3) is 3.42. The molecule has 5 rings (SSSR count). The molecule has 3 aromatic carbocycles. The van der Waals surface area contributed by atoms with Gasteiger partial charge in [0.25, 0.3) is 0 Å². The van der Waals surface area contributed by atoms with E-state index >= 15 is 0 Å². The Kier molecular flexibility index (Phi) is 4.80. The Balaban J connectivity index is 1.31. The van der Waals surface area contributed by atoms with Crippen LogP contribution in [0.2, 0.25) is 0 Å². The summed E-state index contributed by atoms with van der Waals surface area (Å²) in [5.41, 5.74) is 10.6. The molecule has 0 fully saturated rings. The van der Waals surface area contributed by atoms with E-state index in [2.05, 4.69) is 80.3 Å². The molecule has 0 bridgehead atoms. The molecule has 1 aliphatic carbocycles. The van der Waals surface area contributed by atoms with Gasteiger partial charge in [0.1, 0.15) is 0 Å². The molecule has 0 radical (unpaired) electrons. The Morgan fingerprint density at radius 3 is 2.46 bits per heavy atom. The first-order chi connectivity index (χ1) is 13.7. The molecule has 3 nitrogen and oxygen atoms in total. The van der Waals surface area contributed by atoms with Crippen molar-refractivity contribution in [2.75, 3.05) is 0 Å². The van der Waals surface area contributed by atoms with Crippen LogP contribution in [-0.2, 0) is 19.4 Å². The van der Waals surface area contributed by atoms with Gasteiger partial charge in [0.15, 0.2) is 0 Å². The summed E-state index contributed by atoms with van der Waals surface area (Å²) in [6.07, 6.45) is 4.22. The number of rotatable bonds is 4. The van der Waals surface area contributed by atoms with Crippen molar-refractivity contribution in [1.29, 1.82) is 0 Å². The van der Waals surface area contributed by atoms with Crippen LogP contribution in [0.25, 0.3) is 22.2 Å².